The smallest absolute Gasteiger partial charge is 0.262 e. The Morgan fingerprint density at radius 1 is 1.18 bits per heavy atom. The van der Waals surface area contributed by atoms with Crippen LogP contribution in [0, 0.1) is 6.92 Å². The van der Waals surface area contributed by atoms with Crippen molar-refractivity contribution in [3.8, 4) is 22.6 Å². The van der Waals surface area contributed by atoms with Crippen molar-refractivity contribution in [1.29, 1.82) is 0 Å². The summed E-state index contributed by atoms with van der Waals surface area (Å²) in [5, 5.41) is 11.2. The molecule has 0 aliphatic rings. The Hall–Kier alpha value is -3.42. The van der Waals surface area contributed by atoms with Gasteiger partial charge in [0.2, 0.25) is 0 Å². The molecule has 0 bridgehead atoms. The highest BCUT2D eigenvalue weighted by atomic mass is 32.1. The van der Waals surface area contributed by atoms with E-state index in [1.54, 1.807) is 13.2 Å². The predicted molar refractivity (Wildman–Crippen MR) is 133 cm³/mol. The van der Waals surface area contributed by atoms with Crippen LogP contribution in [-0.2, 0) is 6.54 Å². The van der Waals surface area contributed by atoms with E-state index in [-0.39, 0.29) is 18.7 Å². The van der Waals surface area contributed by atoms with Gasteiger partial charge in [0.05, 0.1) is 25.4 Å². The van der Waals surface area contributed by atoms with Gasteiger partial charge in [-0.2, -0.15) is 0 Å². The number of aromatic nitrogens is 2. The van der Waals surface area contributed by atoms with E-state index in [4.69, 9.17) is 9.47 Å². The van der Waals surface area contributed by atoms with Crippen molar-refractivity contribution < 1.29 is 14.6 Å². The quantitative estimate of drug-likeness (QED) is 0.403. The second-order valence-corrected chi connectivity index (χ2v) is 8.86. The maximum absolute atomic E-state index is 13.3. The molecule has 4 rings (SSSR count). The molecular formula is C26H26N2O4S. The third kappa shape index (κ3) is 4.84. The van der Waals surface area contributed by atoms with Crippen molar-refractivity contribution in [3.63, 3.8) is 0 Å². The summed E-state index contributed by atoms with van der Waals surface area (Å²) < 4.78 is 12.6. The van der Waals surface area contributed by atoms with E-state index >= 15 is 0 Å². The maximum atomic E-state index is 13.3. The minimum absolute atomic E-state index is 0.0119. The van der Waals surface area contributed by atoms with Crippen LogP contribution >= 0.6 is 11.3 Å². The van der Waals surface area contributed by atoms with Crippen LogP contribution in [0.1, 0.15) is 17.4 Å². The van der Waals surface area contributed by atoms with Crippen molar-refractivity contribution >= 4 is 27.6 Å². The number of methoxy groups -OCH3 is 1. The van der Waals surface area contributed by atoms with Crippen LogP contribution < -0.4 is 15.0 Å². The van der Waals surface area contributed by atoms with Gasteiger partial charge in [0, 0.05) is 10.4 Å². The van der Waals surface area contributed by atoms with Crippen molar-refractivity contribution in [3.05, 3.63) is 81.7 Å². The van der Waals surface area contributed by atoms with Gasteiger partial charge in [-0.25, -0.2) is 4.98 Å². The lowest BCUT2D eigenvalue weighted by molar-refractivity contribution is 0.0900. The van der Waals surface area contributed by atoms with Gasteiger partial charge in [-0.1, -0.05) is 48.6 Å². The van der Waals surface area contributed by atoms with E-state index in [9.17, 15) is 9.90 Å². The molecule has 1 atom stereocenters. The highest BCUT2D eigenvalue weighted by Gasteiger charge is 2.18. The molecule has 0 radical (unpaired) electrons. The number of nitrogens with zero attached hydrogens (tertiary/aromatic N) is 2. The van der Waals surface area contributed by atoms with Crippen LogP contribution in [0.3, 0.4) is 0 Å². The summed E-state index contributed by atoms with van der Waals surface area (Å²) in [5.74, 6) is 1.12. The molecule has 0 aliphatic carbocycles. The Balaban J connectivity index is 1.55. The zero-order chi connectivity index (χ0) is 23.4. The lowest BCUT2D eigenvalue weighted by Gasteiger charge is -2.16. The van der Waals surface area contributed by atoms with Gasteiger partial charge in [0.1, 0.15) is 17.5 Å². The largest absolute Gasteiger partial charge is 0.493 e. The maximum Gasteiger partial charge on any atom is 0.262 e. The second-order valence-electron chi connectivity index (χ2n) is 7.66. The summed E-state index contributed by atoms with van der Waals surface area (Å²) in [5.41, 5.74) is 2.71. The first-order valence-corrected chi connectivity index (χ1v) is 11.5. The topological polar surface area (TPSA) is 73.6 Å². The highest BCUT2D eigenvalue weighted by molar-refractivity contribution is 7.19. The first kappa shape index (κ1) is 22.8. The van der Waals surface area contributed by atoms with Crippen LogP contribution in [0.2, 0.25) is 0 Å². The number of aliphatic hydroxyl groups is 1. The lowest BCUT2D eigenvalue weighted by atomic mass is 10.0. The van der Waals surface area contributed by atoms with Crippen LogP contribution in [0.4, 0.5) is 0 Å². The molecule has 4 aromatic rings. The molecule has 0 spiro atoms. The Morgan fingerprint density at radius 3 is 2.70 bits per heavy atom. The van der Waals surface area contributed by atoms with Gasteiger partial charge < -0.3 is 14.6 Å². The van der Waals surface area contributed by atoms with Crippen LogP contribution in [0.15, 0.2) is 65.7 Å². The van der Waals surface area contributed by atoms with E-state index in [2.05, 4.69) is 4.98 Å². The molecule has 1 N–H and O–H groups in total. The average molecular weight is 463 g/mol. The zero-order valence-corrected chi connectivity index (χ0v) is 19.6. The zero-order valence-electron chi connectivity index (χ0n) is 18.8. The number of fused-ring (bicyclic) bond motifs is 1. The number of rotatable bonds is 8. The summed E-state index contributed by atoms with van der Waals surface area (Å²) in [6.45, 7) is 4.03. The van der Waals surface area contributed by atoms with E-state index < -0.39 is 6.10 Å². The van der Waals surface area contributed by atoms with Gasteiger partial charge in [0.15, 0.2) is 11.5 Å². The summed E-state index contributed by atoms with van der Waals surface area (Å²) in [6, 6.07) is 15.4. The van der Waals surface area contributed by atoms with E-state index in [1.807, 2.05) is 68.5 Å². The molecule has 2 heterocycles. The molecule has 7 heteroatoms. The van der Waals surface area contributed by atoms with Crippen molar-refractivity contribution in [1.82, 2.24) is 9.55 Å². The number of thiophene rings is 1. The van der Waals surface area contributed by atoms with E-state index in [0.717, 1.165) is 21.6 Å². The standard InChI is InChI=1S/C26H26N2O4S/c1-4-8-18-11-12-21(22(13-18)31-3)32-15-20(29)14-28-16-27-25-24(26(28)30)23(17(2)33-25)19-9-6-5-7-10-19/h4-13,16,20,29H,14-15H2,1-3H3/b8-4+. The molecule has 2 aromatic heterocycles. The van der Waals surface area contributed by atoms with Gasteiger partial charge >= 0.3 is 0 Å². The predicted octanol–water partition coefficient (Wildman–Crippen LogP) is 4.92. The number of ether oxygens (including phenoxy) is 2. The van der Waals surface area contributed by atoms with Gasteiger partial charge in [-0.15, -0.1) is 11.3 Å². The number of hydrogen-bond donors (Lipinski definition) is 1. The molecule has 0 amide bonds. The average Bonchev–Trinajstić information content (AvgIpc) is 3.17. The van der Waals surface area contributed by atoms with Crippen LogP contribution in [-0.4, -0.2) is 34.5 Å². The summed E-state index contributed by atoms with van der Waals surface area (Å²) in [4.78, 5) is 19.5. The Kier molecular flexibility index (Phi) is 6.91. The Labute approximate surface area is 196 Å². The first-order valence-electron chi connectivity index (χ1n) is 10.7. The molecule has 2 aromatic carbocycles. The first-order chi connectivity index (χ1) is 16.0. The summed E-state index contributed by atoms with van der Waals surface area (Å²) in [6.07, 6.45) is 4.50. The van der Waals surface area contributed by atoms with Gasteiger partial charge in [-0.05, 0) is 37.1 Å². The van der Waals surface area contributed by atoms with Crippen molar-refractivity contribution in [2.75, 3.05) is 13.7 Å². The molecule has 0 aliphatic heterocycles. The molecule has 0 fully saturated rings. The van der Waals surface area contributed by atoms with E-state index in [0.29, 0.717) is 21.7 Å². The van der Waals surface area contributed by atoms with Gasteiger partial charge in [0.25, 0.3) is 5.56 Å². The van der Waals surface area contributed by atoms with Crippen molar-refractivity contribution in [2.45, 2.75) is 26.5 Å². The Morgan fingerprint density at radius 2 is 1.97 bits per heavy atom. The fraction of sp³-hybridized carbons (Fsp3) is 0.231. The molecule has 0 saturated carbocycles. The molecule has 170 valence electrons. The minimum Gasteiger partial charge on any atom is -0.493 e. The second kappa shape index (κ2) is 10.0. The number of aliphatic hydroxyl groups excluding tert-OH is 1. The lowest BCUT2D eigenvalue weighted by Crippen LogP contribution is -2.30. The molecule has 0 saturated heterocycles. The number of benzene rings is 2. The summed E-state index contributed by atoms with van der Waals surface area (Å²) >= 11 is 1.50. The number of aryl methyl sites for hydroxylation is 1. The third-order valence-corrected chi connectivity index (χ3v) is 6.32. The SMILES string of the molecule is C/C=C/c1ccc(OCC(O)Cn2cnc3sc(C)c(-c4ccccc4)c3c2=O)c(OC)c1. The minimum atomic E-state index is -0.901. The molecule has 6 nitrogen and oxygen atoms in total. The number of allylic oxidation sites excluding steroid dienone is 1. The monoisotopic (exact) mass is 462 g/mol. The van der Waals surface area contributed by atoms with Gasteiger partial charge in [-0.3, -0.25) is 9.36 Å². The molecule has 33 heavy (non-hydrogen) atoms. The fourth-order valence-corrected chi connectivity index (χ4v) is 4.79. The molecular weight excluding hydrogens is 436 g/mol. The van der Waals surface area contributed by atoms with Crippen LogP contribution in [0.25, 0.3) is 27.4 Å². The fourth-order valence-electron chi connectivity index (χ4n) is 3.79. The van der Waals surface area contributed by atoms with Crippen molar-refractivity contribution in [2.24, 2.45) is 0 Å². The Bertz CT molecular complexity index is 1340. The molecule has 1 unspecified atom stereocenters. The normalized spacial score (nSPS) is 12.4. The highest BCUT2D eigenvalue weighted by Crippen LogP contribution is 2.35. The third-order valence-electron chi connectivity index (χ3n) is 5.30. The van der Waals surface area contributed by atoms with E-state index in [1.165, 1.54) is 22.2 Å². The number of hydrogen-bond acceptors (Lipinski definition) is 6. The summed E-state index contributed by atoms with van der Waals surface area (Å²) in [7, 11) is 1.58. The van der Waals surface area contributed by atoms with Crippen LogP contribution in [0.5, 0.6) is 11.5 Å².